The molecule has 0 spiro atoms. The highest BCUT2D eigenvalue weighted by molar-refractivity contribution is 5.93. The minimum absolute atomic E-state index is 0.140. The Morgan fingerprint density at radius 1 is 1.40 bits per heavy atom. The molecule has 0 aliphatic heterocycles. The molecule has 3 heterocycles. The van der Waals surface area contributed by atoms with Crippen LogP contribution in [0.3, 0.4) is 0 Å². The molecule has 7 nitrogen and oxygen atoms in total. The first-order valence-corrected chi connectivity index (χ1v) is 8.26. The van der Waals surface area contributed by atoms with E-state index in [0.717, 1.165) is 12.8 Å². The van der Waals surface area contributed by atoms with E-state index in [1.54, 1.807) is 32.2 Å². The summed E-state index contributed by atoms with van der Waals surface area (Å²) in [4.78, 5) is 22.4. The fraction of sp³-hybridized carbons (Fsp3) is 0.412. The average Bonchev–Trinajstić information content (AvgIpc) is 3.11. The Bertz CT molecular complexity index is 944. The lowest BCUT2D eigenvalue weighted by atomic mass is 9.85. The van der Waals surface area contributed by atoms with E-state index in [1.165, 1.54) is 15.7 Å². The number of pyridine rings is 1. The van der Waals surface area contributed by atoms with Gasteiger partial charge in [-0.2, -0.15) is 9.37 Å². The van der Waals surface area contributed by atoms with Crippen LogP contribution in [0.1, 0.15) is 53.1 Å². The van der Waals surface area contributed by atoms with Gasteiger partial charge in [0.15, 0.2) is 11.5 Å². The van der Waals surface area contributed by atoms with Crippen molar-refractivity contribution in [2.75, 3.05) is 7.05 Å². The molecule has 8 heteroatoms. The van der Waals surface area contributed by atoms with E-state index >= 15 is 0 Å². The van der Waals surface area contributed by atoms with Gasteiger partial charge in [-0.15, -0.1) is 0 Å². The third kappa shape index (κ3) is 2.67. The van der Waals surface area contributed by atoms with Crippen LogP contribution in [-0.2, 0) is 6.54 Å². The van der Waals surface area contributed by atoms with Crippen molar-refractivity contribution < 1.29 is 13.7 Å². The third-order valence-corrected chi connectivity index (χ3v) is 4.65. The Labute approximate surface area is 143 Å². The highest BCUT2D eigenvalue weighted by Gasteiger charge is 2.27. The lowest BCUT2D eigenvalue weighted by Crippen LogP contribution is -2.28. The molecule has 0 saturated heterocycles. The second kappa shape index (κ2) is 5.94. The molecule has 0 bridgehead atoms. The monoisotopic (exact) mass is 343 g/mol. The summed E-state index contributed by atoms with van der Waals surface area (Å²) in [7, 11) is 1.57. The Balaban J connectivity index is 1.55. The SMILES string of the molecule is Cc1cccc2nc(C(=O)N(C)Cc3noc(C4CCC4)n3)c(F)n12. The maximum Gasteiger partial charge on any atom is 0.277 e. The van der Waals surface area contributed by atoms with Gasteiger partial charge < -0.3 is 9.42 Å². The molecule has 1 amide bonds. The van der Waals surface area contributed by atoms with Crippen LogP contribution in [0.15, 0.2) is 22.7 Å². The van der Waals surface area contributed by atoms with Gasteiger partial charge in [-0.1, -0.05) is 17.6 Å². The number of aromatic nitrogens is 4. The molecule has 0 radical (unpaired) electrons. The molecule has 25 heavy (non-hydrogen) atoms. The number of nitrogens with zero attached hydrogens (tertiary/aromatic N) is 5. The van der Waals surface area contributed by atoms with Gasteiger partial charge in [-0.3, -0.25) is 9.20 Å². The van der Waals surface area contributed by atoms with Gasteiger partial charge in [0.1, 0.15) is 5.65 Å². The summed E-state index contributed by atoms with van der Waals surface area (Å²) in [5.41, 5.74) is 0.869. The Morgan fingerprint density at radius 3 is 2.88 bits per heavy atom. The summed E-state index contributed by atoms with van der Waals surface area (Å²) < 4.78 is 21.2. The van der Waals surface area contributed by atoms with Crippen LogP contribution >= 0.6 is 0 Å². The van der Waals surface area contributed by atoms with Crippen molar-refractivity contribution in [3.63, 3.8) is 0 Å². The molecule has 1 aliphatic rings. The number of hydrogen-bond acceptors (Lipinski definition) is 5. The predicted octanol–water partition coefficient (Wildman–Crippen LogP) is 2.70. The zero-order chi connectivity index (χ0) is 17.6. The van der Waals surface area contributed by atoms with Gasteiger partial charge in [0.2, 0.25) is 11.8 Å². The Morgan fingerprint density at radius 2 is 2.20 bits per heavy atom. The summed E-state index contributed by atoms with van der Waals surface area (Å²) in [5, 5.41) is 3.92. The standard InChI is InChI=1S/C17H18FN5O2/c1-10-5-3-8-13-20-14(15(18)23(10)13)17(24)22(2)9-12-19-16(25-21-12)11-6-4-7-11/h3,5,8,11H,4,6-7,9H2,1-2H3. The van der Waals surface area contributed by atoms with E-state index < -0.39 is 11.9 Å². The molecule has 3 aromatic rings. The molecule has 0 atom stereocenters. The van der Waals surface area contributed by atoms with Crippen LogP contribution < -0.4 is 0 Å². The molecular weight excluding hydrogens is 325 g/mol. The number of carbonyl (C=O) groups excluding carboxylic acids is 1. The quantitative estimate of drug-likeness (QED) is 0.728. The summed E-state index contributed by atoms with van der Waals surface area (Å²) in [6.45, 7) is 1.90. The Hall–Kier alpha value is -2.77. The van der Waals surface area contributed by atoms with Crippen LogP contribution in [0.25, 0.3) is 5.65 Å². The van der Waals surface area contributed by atoms with E-state index in [2.05, 4.69) is 15.1 Å². The normalized spacial score (nSPS) is 14.7. The summed E-state index contributed by atoms with van der Waals surface area (Å²) in [6.07, 6.45) is 3.29. The van der Waals surface area contributed by atoms with E-state index in [4.69, 9.17) is 4.52 Å². The largest absolute Gasteiger partial charge is 0.339 e. The smallest absolute Gasteiger partial charge is 0.277 e. The lowest BCUT2D eigenvalue weighted by Gasteiger charge is -2.20. The minimum atomic E-state index is -0.659. The number of amides is 1. The highest BCUT2D eigenvalue weighted by atomic mass is 19.1. The maximum absolute atomic E-state index is 14.6. The average molecular weight is 343 g/mol. The molecule has 1 aliphatic carbocycles. The number of hydrogen-bond donors (Lipinski definition) is 0. The van der Waals surface area contributed by atoms with E-state index in [1.807, 2.05) is 0 Å². The first-order valence-electron chi connectivity index (χ1n) is 8.26. The maximum atomic E-state index is 14.6. The van der Waals surface area contributed by atoms with Crippen LogP contribution in [-0.4, -0.2) is 37.4 Å². The van der Waals surface area contributed by atoms with Gasteiger partial charge in [0.05, 0.1) is 6.54 Å². The van der Waals surface area contributed by atoms with Gasteiger partial charge in [0, 0.05) is 18.7 Å². The van der Waals surface area contributed by atoms with Crippen molar-refractivity contribution in [2.24, 2.45) is 0 Å². The fourth-order valence-electron chi connectivity index (χ4n) is 2.97. The molecule has 0 aromatic carbocycles. The molecule has 0 N–H and O–H groups in total. The summed E-state index contributed by atoms with van der Waals surface area (Å²) in [5.74, 6) is 0.194. The number of carbonyl (C=O) groups is 1. The first kappa shape index (κ1) is 15.7. The van der Waals surface area contributed by atoms with Crippen LogP contribution in [0.5, 0.6) is 0 Å². The topological polar surface area (TPSA) is 76.5 Å². The van der Waals surface area contributed by atoms with E-state index in [-0.39, 0.29) is 12.2 Å². The first-order chi connectivity index (χ1) is 12.0. The number of fused-ring (bicyclic) bond motifs is 1. The van der Waals surface area contributed by atoms with E-state index in [9.17, 15) is 9.18 Å². The van der Waals surface area contributed by atoms with Crippen LogP contribution in [0.2, 0.25) is 0 Å². The Kier molecular flexibility index (Phi) is 3.74. The highest BCUT2D eigenvalue weighted by Crippen LogP contribution is 2.35. The molecule has 0 unspecified atom stereocenters. The number of halogens is 1. The van der Waals surface area contributed by atoms with Crippen LogP contribution in [0.4, 0.5) is 4.39 Å². The molecule has 130 valence electrons. The van der Waals surface area contributed by atoms with Crippen molar-refractivity contribution in [3.05, 3.63) is 47.2 Å². The summed E-state index contributed by atoms with van der Waals surface area (Å²) >= 11 is 0. The van der Waals surface area contributed by atoms with Gasteiger partial charge in [-0.25, -0.2) is 4.98 Å². The second-order valence-corrected chi connectivity index (χ2v) is 6.45. The number of rotatable bonds is 4. The van der Waals surface area contributed by atoms with Crippen molar-refractivity contribution in [2.45, 2.75) is 38.6 Å². The lowest BCUT2D eigenvalue weighted by molar-refractivity contribution is 0.0770. The van der Waals surface area contributed by atoms with Gasteiger partial charge in [-0.05, 0) is 31.9 Å². The van der Waals surface area contributed by atoms with Gasteiger partial charge in [0.25, 0.3) is 5.91 Å². The fourth-order valence-corrected chi connectivity index (χ4v) is 2.97. The number of aryl methyl sites for hydroxylation is 1. The van der Waals surface area contributed by atoms with Crippen molar-refractivity contribution in [3.8, 4) is 0 Å². The second-order valence-electron chi connectivity index (χ2n) is 6.45. The zero-order valence-corrected chi connectivity index (χ0v) is 14.1. The van der Waals surface area contributed by atoms with Crippen LogP contribution in [0, 0.1) is 12.9 Å². The third-order valence-electron chi connectivity index (χ3n) is 4.65. The van der Waals surface area contributed by atoms with Crippen molar-refractivity contribution in [1.29, 1.82) is 0 Å². The van der Waals surface area contributed by atoms with Gasteiger partial charge >= 0.3 is 0 Å². The number of imidazole rings is 1. The van der Waals surface area contributed by atoms with E-state index in [0.29, 0.717) is 29.0 Å². The molecule has 1 saturated carbocycles. The van der Waals surface area contributed by atoms with Crippen molar-refractivity contribution in [1.82, 2.24) is 24.4 Å². The molecule has 3 aromatic heterocycles. The minimum Gasteiger partial charge on any atom is -0.339 e. The van der Waals surface area contributed by atoms with Crippen molar-refractivity contribution >= 4 is 11.6 Å². The zero-order valence-electron chi connectivity index (χ0n) is 14.1. The predicted molar refractivity (Wildman–Crippen MR) is 86.6 cm³/mol. The summed E-state index contributed by atoms with van der Waals surface area (Å²) in [6, 6.07) is 5.20. The molecule has 1 fully saturated rings. The molecular formula is C17H18FN5O2. The molecule has 4 rings (SSSR count).